The Morgan fingerprint density at radius 3 is 2.41 bits per heavy atom. The first kappa shape index (κ1) is 12.6. The summed E-state index contributed by atoms with van der Waals surface area (Å²) < 4.78 is 0. The average molecular weight is 231 g/mol. The smallest absolute Gasteiger partial charge is 0.00816 e. The van der Waals surface area contributed by atoms with Gasteiger partial charge in [0.15, 0.2) is 0 Å². The molecule has 0 radical (unpaired) electrons. The maximum absolute atomic E-state index is 3.73. The molecular formula is C16H25N. The second-order valence-corrected chi connectivity index (χ2v) is 5.69. The van der Waals surface area contributed by atoms with E-state index >= 15 is 0 Å². The van der Waals surface area contributed by atoms with Crippen LogP contribution in [0.3, 0.4) is 0 Å². The number of hydrogen-bond acceptors (Lipinski definition) is 1. The molecule has 0 aromatic heterocycles. The summed E-state index contributed by atoms with van der Waals surface area (Å²) in [5.74, 6) is 1.00. The van der Waals surface area contributed by atoms with Crippen molar-refractivity contribution in [2.24, 2.45) is 5.92 Å². The summed E-state index contributed by atoms with van der Waals surface area (Å²) in [5, 5.41) is 3.73. The first-order valence-electron chi connectivity index (χ1n) is 7.04. The van der Waals surface area contributed by atoms with Crippen LogP contribution in [0.15, 0.2) is 30.3 Å². The fourth-order valence-electron chi connectivity index (χ4n) is 2.81. The Bertz CT molecular complexity index is 316. The second kappa shape index (κ2) is 6.20. The summed E-state index contributed by atoms with van der Waals surface area (Å²) >= 11 is 0. The minimum atomic E-state index is 0.576. The van der Waals surface area contributed by atoms with Gasteiger partial charge in [0.2, 0.25) is 0 Å². The normalized spacial score (nSPS) is 19.6. The molecule has 0 aliphatic heterocycles. The van der Waals surface area contributed by atoms with Crippen LogP contribution in [0.5, 0.6) is 0 Å². The second-order valence-electron chi connectivity index (χ2n) is 5.69. The van der Waals surface area contributed by atoms with Crippen molar-refractivity contribution in [3.05, 3.63) is 35.9 Å². The molecule has 1 fully saturated rings. The molecule has 1 aliphatic rings. The molecule has 0 heterocycles. The van der Waals surface area contributed by atoms with Crippen molar-refractivity contribution in [1.82, 2.24) is 5.32 Å². The van der Waals surface area contributed by atoms with E-state index in [-0.39, 0.29) is 0 Å². The van der Waals surface area contributed by atoms with Crippen LogP contribution in [0, 0.1) is 5.92 Å². The summed E-state index contributed by atoms with van der Waals surface area (Å²) in [6, 6.07) is 12.0. The third-order valence-electron chi connectivity index (χ3n) is 3.87. The Hall–Kier alpha value is -0.820. The van der Waals surface area contributed by atoms with E-state index in [0.717, 1.165) is 12.3 Å². The molecule has 0 bridgehead atoms. The van der Waals surface area contributed by atoms with Crippen LogP contribution in [0.25, 0.3) is 0 Å². The van der Waals surface area contributed by atoms with Crippen molar-refractivity contribution in [2.45, 2.75) is 58.0 Å². The molecule has 1 aromatic carbocycles. The van der Waals surface area contributed by atoms with Gasteiger partial charge in [0, 0.05) is 12.1 Å². The quantitative estimate of drug-likeness (QED) is 0.785. The van der Waals surface area contributed by atoms with Crippen LogP contribution < -0.4 is 5.32 Å². The molecule has 17 heavy (non-hydrogen) atoms. The highest BCUT2D eigenvalue weighted by Gasteiger charge is 2.20. The van der Waals surface area contributed by atoms with Crippen molar-refractivity contribution in [1.29, 1.82) is 0 Å². The van der Waals surface area contributed by atoms with Crippen molar-refractivity contribution >= 4 is 0 Å². The van der Waals surface area contributed by atoms with E-state index in [1.165, 1.54) is 31.2 Å². The Balaban J connectivity index is 1.70. The third kappa shape index (κ3) is 4.16. The molecule has 1 aliphatic carbocycles. The highest BCUT2D eigenvalue weighted by molar-refractivity contribution is 5.15. The summed E-state index contributed by atoms with van der Waals surface area (Å²) in [5.41, 5.74) is 1.43. The summed E-state index contributed by atoms with van der Waals surface area (Å²) in [4.78, 5) is 0. The largest absolute Gasteiger partial charge is 0.311 e. The van der Waals surface area contributed by atoms with E-state index in [1.807, 2.05) is 0 Å². The lowest BCUT2D eigenvalue weighted by atomic mass is 9.81. The van der Waals surface area contributed by atoms with Gasteiger partial charge in [-0.15, -0.1) is 0 Å². The molecule has 2 rings (SSSR count). The zero-order valence-electron chi connectivity index (χ0n) is 11.2. The average Bonchev–Trinajstić information content (AvgIpc) is 2.25. The van der Waals surface area contributed by atoms with Gasteiger partial charge in [-0.2, -0.15) is 0 Å². The maximum atomic E-state index is 3.73. The van der Waals surface area contributed by atoms with Crippen molar-refractivity contribution in [3.63, 3.8) is 0 Å². The van der Waals surface area contributed by atoms with Crippen molar-refractivity contribution in [2.75, 3.05) is 0 Å². The summed E-state index contributed by atoms with van der Waals surface area (Å²) in [6.45, 7) is 4.63. The Morgan fingerprint density at radius 1 is 1.12 bits per heavy atom. The monoisotopic (exact) mass is 231 g/mol. The van der Waals surface area contributed by atoms with Gasteiger partial charge >= 0.3 is 0 Å². The minimum Gasteiger partial charge on any atom is -0.311 e. The molecule has 0 spiro atoms. The molecular weight excluding hydrogens is 206 g/mol. The van der Waals surface area contributed by atoms with Gasteiger partial charge in [-0.3, -0.25) is 0 Å². The third-order valence-corrected chi connectivity index (χ3v) is 3.87. The lowest BCUT2D eigenvalue weighted by Gasteiger charge is -2.30. The van der Waals surface area contributed by atoms with Gasteiger partial charge in [-0.25, -0.2) is 0 Å². The van der Waals surface area contributed by atoms with Crippen LogP contribution in [-0.2, 0) is 6.42 Å². The summed E-state index contributed by atoms with van der Waals surface area (Å²) in [6.07, 6.45) is 6.87. The van der Waals surface area contributed by atoms with Crippen molar-refractivity contribution < 1.29 is 0 Å². The molecule has 1 heteroatoms. The van der Waals surface area contributed by atoms with Gasteiger partial charge in [0.05, 0.1) is 0 Å². The maximum Gasteiger partial charge on any atom is 0.00816 e. The predicted octanol–water partition coefficient (Wildman–Crippen LogP) is 3.79. The SMILES string of the molecule is CC(Cc1ccccc1)NC(C)CC1CCC1. The lowest BCUT2D eigenvalue weighted by molar-refractivity contribution is 0.259. The molecule has 2 atom stereocenters. The van der Waals surface area contributed by atoms with E-state index in [4.69, 9.17) is 0 Å². The molecule has 0 amide bonds. The van der Waals surface area contributed by atoms with Crippen LogP contribution in [-0.4, -0.2) is 12.1 Å². The fraction of sp³-hybridized carbons (Fsp3) is 0.625. The van der Waals surface area contributed by atoms with Gasteiger partial charge in [0.25, 0.3) is 0 Å². The van der Waals surface area contributed by atoms with Gasteiger partial charge in [-0.1, -0.05) is 49.6 Å². The highest BCUT2D eigenvalue weighted by Crippen LogP contribution is 2.30. The Kier molecular flexibility index (Phi) is 4.61. The van der Waals surface area contributed by atoms with E-state index in [2.05, 4.69) is 49.5 Å². The standard InChI is InChI=1S/C16H25N/c1-13(11-15-7-4-3-5-8-15)17-14(2)12-16-9-6-10-16/h3-5,7-8,13-14,16-17H,6,9-12H2,1-2H3. The van der Waals surface area contributed by atoms with Gasteiger partial charge in [-0.05, 0) is 38.2 Å². The molecule has 1 N–H and O–H groups in total. The molecule has 0 saturated heterocycles. The number of nitrogens with one attached hydrogen (secondary N) is 1. The van der Waals surface area contributed by atoms with Crippen molar-refractivity contribution in [3.8, 4) is 0 Å². The first-order valence-corrected chi connectivity index (χ1v) is 7.04. The number of benzene rings is 1. The van der Waals surface area contributed by atoms with Gasteiger partial charge in [0.1, 0.15) is 0 Å². The van der Waals surface area contributed by atoms with E-state index in [1.54, 1.807) is 0 Å². The van der Waals surface area contributed by atoms with Gasteiger partial charge < -0.3 is 5.32 Å². The molecule has 2 unspecified atom stereocenters. The van der Waals surface area contributed by atoms with Crippen LogP contribution >= 0.6 is 0 Å². The first-order chi connectivity index (χ1) is 8.24. The molecule has 1 aromatic rings. The summed E-state index contributed by atoms with van der Waals surface area (Å²) in [7, 11) is 0. The lowest BCUT2D eigenvalue weighted by Crippen LogP contribution is -2.37. The van der Waals surface area contributed by atoms with Crippen LogP contribution in [0.1, 0.15) is 45.1 Å². The Labute approximate surface area is 106 Å². The molecule has 1 nitrogen and oxygen atoms in total. The van der Waals surface area contributed by atoms with E-state index in [9.17, 15) is 0 Å². The number of rotatable bonds is 6. The fourth-order valence-corrected chi connectivity index (χ4v) is 2.81. The van der Waals surface area contributed by atoms with E-state index in [0.29, 0.717) is 12.1 Å². The topological polar surface area (TPSA) is 12.0 Å². The highest BCUT2D eigenvalue weighted by atomic mass is 14.9. The molecule has 1 saturated carbocycles. The molecule has 94 valence electrons. The predicted molar refractivity (Wildman–Crippen MR) is 74.2 cm³/mol. The van der Waals surface area contributed by atoms with E-state index < -0.39 is 0 Å². The van der Waals surface area contributed by atoms with Crippen LogP contribution in [0.2, 0.25) is 0 Å². The van der Waals surface area contributed by atoms with Crippen LogP contribution in [0.4, 0.5) is 0 Å². The Morgan fingerprint density at radius 2 is 1.82 bits per heavy atom. The zero-order chi connectivity index (χ0) is 12.1. The minimum absolute atomic E-state index is 0.576. The number of hydrogen-bond donors (Lipinski definition) is 1. The zero-order valence-corrected chi connectivity index (χ0v) is 11.2.